The Morgan fingerprint density at radius 1 is 1.60 bits per heavy atom. The van der Waals surface area contributed by atoms with Gasteiger partial charge in [-0.25, -0.2) is 4.39 Å². The van der Waals surface area contributed by atoms with Crippen LogP contribution in [0.1, 0.15) is 18.1 Å². The summed E-state index contributed by atoms with van der Waals surface area (Å²) in [5.74, 6) is -0.917. The monoisotopic (exact) mass is 276 g/mol. The molecule has 0 N–H and O–H groups in total. The number of nitriles is 1. The van der Waals surface area contributed by atoms with Gasteiger partial charge in [0.15, 0.2) is 0 Å². The maximum absolute atomic E-state index is 14.0. The average Bonchev–Trinajstić information content (AvgIpc) is 2.41. The fourth-order valence-corrected chi connectivity index (χ4v) is 1.79. The van der Waals surface area contributed by atoms with E-state index in [9.17, 15) is 9.18 Å². The van der Waals surface area contributed by atoms with Crippen LogP contribution in [0.3, 0.4) is 0 Å². The molecule has 0 spiro atoms. The highest BCUT2D eigenvalue weighted by molar-refractivity contribution is 5.71. The summed E-state index contributed by atoms with van der Waals surface area (Å²) in [6.45, 7) is 6.34. The minimum atomic E-state index is -0.548. The van der Waals surface area contributed by atoms with Gasteiger partial charge in [0.05, 0.1) is 18.7 Å². The molecule has 0 aliphatic carbocycles. The number of ether oxygens (including phenoxy) is 1. The van der Waals surface area contributed by atoms with Crippen molar-refractivity contribution in [3.05, 3.63) is 47.8 Å². The number of nitrogens with zero attached hydrogens (tertiary/aromatic N) is 2. The smallest absolute Gasteiger partial charge is 0.320 e. The average molecular weight is 276 g/mol. The van der Waals surface area contributed by atoms with Gasteiger partial charge in [0.1, 0.15) is 11.9 Å². The Morgan fingerprint density at radius 3 is 2.95 bits per heavy atom. The normalized spacial score (nSPS) is 10.1. The zero-order valence-electron chi connectivity index (χ0n) is 11.4. The quantitative estimate of drug-likeness (QED) is 0.566. The molecular weight excluding hydrogens is 259 g/mol. The largest absolute Gasteiger partial charge is 0.465 e. The maximum atomic E-state index is 14.0. The van der Waals surface area contributed by atoms with Crippen LogP contribution < -0.4 is 0 Å². The number of esters is 1. The predicted octanol–water partition coefficient (Wildman–Crippen LogP) is 2.25. The van der Waals surface area contributed by atoms with E-state index in [0.717, 1.165) is 0 Å². The summed E-state index contributed by atoms with van der Waals surface area (Å²) in [5.41, 5.74) is 0.368. The van der Waals surface area contributed by atoms with E-state index in [4.69, 9.17) is 10.00 Å². The highest BCUT2D eigenvalue weighted by Gasteiger charge is 2.14. The van der Waals surface area contributed by atoms with Crippen LogP contribution in [0, 0.1) is 17.1 Å². The fourth-order valence-electron chi connectivity index (χ4n) is 1.79. The van der Waals surface area contributed by atoms with E-state index in [0.29, 0.717) is 18.7 Å². The molecule has 0 saturated heterocycles. The van der Waals surface area contributed by atoms with Gasteiger partial charge in [-0.05, 0) is 13.0 Å². The summed E-state index contributed by atoms with van der Waals surface area (Å²) in [6.07, 6.45) is 1.63. The number of hydrogen-bond donors (Lipinski definition) is 0. The molecule has 4 nitrogen and oxygen atoms in total. The molecular formula is C15H17FN2O2. The fraction of sp³-hybridized carbons (Fsp3) is 0.333. The van der Waals surface area contributed by atoms with Crippen LogP contribution >= 0.6 is 0 Å². The zero-order valence-corrected chi connectivity index (χ0v) is 11.4. The third kappa shape index (κ3) is 4.48. The van der Waals surface area contributed by atoms with E-state index >= 15 is 0 Å². The van der Waals surface area contributed by atoms with Crippen molar-refractivity contribution in [1.29, 1.82) is 5.26 Å². The lowest BCUT2D eigenvalue weighted by atomic mass is 10.1. The van der Waals surface area contributed by atoms with Crippen molar-refractivity contribution < 1.29 is 13.9 Å². The van der Waals surface area contributed by atoms with Gasteiger partial charge >= 0.3 is 5.97 Å². The van der Waals surface area contributed by atoms with Crippen molar-refractivity contribution in [1.82, 2.24) is 4.90 Å². The molecule has 0 aliphatic heterocycles. The molecule has 1 aromatic rings. The molecule has 0 saturated carbocycles. The molecule has 1 rings (SSSR count). The summed E-state index contributed by atoms with van der Waals surface area (Å²) in [5, 5.41) is 8.80. The molecule has 0 bridgehead atoms. The minimum absolute atomic E-state index is 0.00260. The topological polar surface area (TPSA) is 53.3 Å². The van der Waals surface area contributed by atoms with Crippen molar-refractivity contribution in [3.63, 3.8) is 0 Å². The van der Waals surface area contributed by atoms with Gasteiger partial charge in [-0.1, -0.05) is 18.2 Å². The molecule has 5 heteroatoms. The minimum Gasteiger partial charge on any atom is -0.465 e. The van der Waals surface area contributed by atoms with Crippen LogP contribution in [0.4, 0.5) is 4.39 Å². The summed E-state index contributed by atoms with van der Waals surface area (Å²) >= 11 is 0. The third-order valence-electron chi connectivity index (χ3n) is 2.64. The summed E-state index contributed by atoms with van der Waals surface area (Å²) < 4.78 is 18.8. The van der Waals surface area contributed by atoms with E-state index in [1.165, 1.54) is 6.07 Å². The molecule has 0 aliphatic rings. The highest BCUT2D eigenvalue weighted by Crippen LogP contribution is 2.14. The Hall–Kier alpha value is -2.19. The van der Waals surface area contributed by atoms with Crippen LogP contribution in [-0.4, -0.2) is 30.6 Å². The molecule has 1 aromatic carbocycles. The van der Waals surface area contributed by atoms with Crippen LogP contribution in [0.25, 0.3) is 0 Å². The Bertz CT molecular complexity index is 523. The Balaban J connectivity index is 2.83. The number of carbonyl (C=O) groups is 1. The van der Waals surface area contributed by atoms with Crippen molar-refractivity contribution in [2.24, 2.45) is 0 Å². The van der Waals surface area contributed by atoms with Gasteiger partial charge < -0.3 is 4.74 Å². The van der Waals surface area contributed by atoms with E-state index in [1.807, 2.05) is 0 Å². The first-order valence-corrected chi connectivity index (χ1v) is 6.28. The molecule has 0 aromatic heterocycles. The van der Waals surface area contributed by atoms with E-state index in [-0.39, 0.29) is 24.6 Å². The van der Waals surface area contributed by atoms with Crippen LogP contribution in [-0.2, 0) is 16.1 Å². The standard InChI is InChI=1S/C15H17FN2O2/c1-3-8-18(11-14(19)20-4-2)10-13-7-5-6-12(9-17)15(13)16/h3,5-7H,1,4,8,10-11H2,2H3. The van der Waals surface area contributed by atoms with Gasteiger partial charge in [-0.2, -0.15) is 5.26 Å². The lowest BCUT2D eigenvalue weighted by Crippen LogP contribution is -2.31. The predicted molar refractivity (Wildman–Crippen MR) is 73.2 cm³/mol. The molecule has 0 unspecified atom stereocenters. The van der Waals surface area contributed by atoms with Crippen LogP contribution in [0.15, 0.2) is 30.9 Å². The Morgan fingerprint density at radius 2 is 2.35 bits per heavy atom. The summed E-state index contributed by atoms with van der Waals surface area (Å²) in [7, 11) is 0. The van der Waals surface area contributed by atoms with E-state index in [1.54, 1.807) is 36.1 Å². The molecule has 0 amide bonds. The number of carbonyl (C=O) groups excluding carboxylic acids is 1. The maximum Gasteiger partial charge on any atom is 0.320 e. The molecule has 106 valence electrons. The highest BCUT2D eigenvalue weighted by atomic mass is 19.1. The lowest BCUT2D eigenvalue weighted by Gasteiger charge is -2.20. The molecule has 0 radical (unpaired) electrons. The van der Waals surface area contributed by atoms with Crippen LogP contribution in [0.2, 0.25) is 0 Å². The van der Waals surface area contributed by atoms with E-state index < -0.39 is 5.82 Å². The van der Waals surface area contributed by atoms with Gasteiger partial charge in [-0.15, -0.1) is 6.58 Å². The van der Waals surface area contributed by atoms with Gasteiger partial charge in [0, 0.05) is 18.7 Å². The van der Waals surface area contributed by atoms with Gasteiger partial charge in [-0.3, -0.25) is 9.69 Å². The zero-order chi connectivity index (χ0) is 15.0. The third-order valence-corrected chi connectivity index (χ3v) is 2.64. The van der Waals surface area contributed by atoms with Crippen molar-refractivity contribution >= 4 is 5.97 Å². The van der Waals surface area contributed by atoms with Crippen molar-refractivity contribution in [2.75, 3.05) is 19.7 Å². The van der Waals surface area contributed by atoms with Crippen molar-refractivity contribution in [2.45, 2.75) is 13.5 Å². The summed E-state index contributed by atoms with van der Waals surface area (Å²) in [4.78, 5) is 13.2. The van der Waals surface area contributed by atoms with E-state index in [2.05, 4.69) is 6.58 Å². The molecule has 20 heavy (non-hydrogen) atoms. The lowest BCUT2D eigenvalue weighted by molar-refractivity contribution is -0.144. The Labute approximate surface area is 118 Å². The first-order chi connectivity index (χ1) is 9.62. The first-order valence-electron chi connectivity index (χ1n) is 6.28. The van der Waals surface area contributed by atoms with Crippen LogP contribution in [0.5, 0.6) is 0 Å². The second kappa shape index (κ2) is 8.08. The first kappa shape index (κ1) is 15.9. The second-order valence-corrected chi connectivity index (χ2v) is 4.15. The van der Waals surface area contributed by atoms with Crippen molar-refractivity contribution in [3.8, 4) is 6.07 Å². The Kier molecular flexibility index (Phi) is 6.41. The number of hydrogen-bond acceptors (Lipinski definition) is 4. The number of benzene rings is 1. The van der Waals surface area contributed by atoms with Gasteiger partial charge in [0.25, 0.3) is 0 Å². The number of rotatable bonds is 7. The molecule has 0 atom stereocenters. The summed E-state index contributed by atoms with van der Waals surface area (Å²) in [6, 6.07) is 6.43. The number of halogens is 1. The van der Waals surface area contributed by atoms with Gasteiger partial charge in [0.2, 0.25) is 0 Å². The second-order valence-electron chi connectivity index (χ2n) is 4.15. The SMILES string of the molecule is C=CCN(CC(=O)OCC)Cc1cccc(C#N)c1F. The molecule has 0 fully saturated rings. The molecule has 0 heterocycles.